The van der Waals surface area contributed by atoms with Gasteiger partial charge in [-0.25, -0.2) is 9.78 Å². The molecule has 0 aromatic carbocycles. The molecule has 66 valence electrons. The Morgan fingerprint density at radius 2 is 2.50 bits per heavy atom. The molecule has 0 unspecified atom stereocenters. The van der Waals surface area contributed by atoms with Crippen molar-refractivity contribution in [3.8, 4) is 0 Å². The minimum absolute atomic E-state index is 0.245. The summed E-state index contributed by atoms with van der Waals surface area (Å²) in [5, 5.41) is 4.98. The highest BCUT2D eigenvalue weighted by molar-refractivity contribution is 5.73. The van der Waals surface area contributed by atoms with Crippen LogP contribution in [0.2, 0.25) is 0 Å². The number of amides is 2. The summed E-state index contributed by atoms with van der Waals surface area (Å²) in [5.41, 5.74) is 0. The van der Waals surface area contributed by atoms with Crippen LogP contribution in [0.4, 0.5) is 4.79 Å². The minimum Gasteiger partial charge on any atom is -0.444 e. The maximum atomic E-state index is 10.7. The molecule has 0 atom stereocenters. The Labute approximate surface area is 70.2 Å². The van der Waals surface area contributed by atoms with Gasteiger partial charge in [-0.05, 0) is 6.92 Å². The lowest BCUT2D eigenvalue weighted by Crippen LogP contribution is -2.32. The van der Waals surface area contributed by atoms with Gasteiger partial charge in [0.1, 0.15) is 5.76 Å². The predicted octanol–water partition coefficient (Wildman–Crippen LogP) is 0.412. The quantitative estimate of drug-likeness (QED) is 0.673. The summed E-state index contributed by atoms with van der Waals surface area (Å²) >= 11 is 0. The van der Waals surface area contributed by atoms with Crippen molar-refractivity contribution in [1.82, 2.24) is 15.6 Å². The van der Waals surface area contributed by atoms with Crippen molar-refractivity contribution in [2.45, 2.75) is 13.5 Å². The van der Waals surface area contributed by atoms with Gasteiger partial charge in [-0.3, -0.25) is 0 Å². The number of oxazole rings is 1. The number of carbonyl (C=O) groups is 1. The van der Waals surface area contributed by atoms with Crippen LogP contribution in [0.25, 0.3) is 0 Å². The first-order valence-electron chi connectivity index (χ1n) is 3.59. The van der Waals surface area contributed by atoms with Crippen molar-refractivity contribution < 1.29 is 9.21 Å². The Morgan fingerprint density at radius 1 is 1.75 bits per heavy atom. The van der Waals surface area contributed by atoms with Gasteiger partial charge in [0.05, 0.1) is 12.7 Å². The second-order valence-electron chi connectivity index (χ2n) is 2.30. The van der Waals surface area contributed by atoms with Gasteiger partial charge in [-0.15, -0.1) is 0 Å². The second-order valence-corrected chi connectivity index (χ2v) is 2.30. The van der Waals surface area contributed by atoms with Crippen molar-refractivity contribution in [2.24, 2.45) is 0 Å². The van der Waals surface area contributed by atoms with Crippen molar-refractivity contribution in [3.05, 3.63) is 17.8 Å². The van der Waals surface area contributed by atoms with E-state index in [1.54, 1.807) is 20.2 Å². The molecule has 0 bridgehead atoms. The molecule has 1 aromatic heterocycles. The third-order valence-corrected chi connectivity index (χ3v) is 1.30. The molecule has 0 radical (unpaired) electrons. The summed E-state index contributed by atoms with van der Waals surface area (Å²) in [4.78, 5) is 14.6. The predicted molar refractivity (Wildman–Crippen MR) is 42.5 cm³/mol. The van der Waals surface area contributed by atoms with E-state index in [0.717, 1.165) is 5.76 Å². The molecule has 12 heavy (non-hydrogen) atoms. The highest BCUT2D eigenvalue weighted by atomic mass is 16.4. The maximum absolute atomic E-state index is 10.7. The van der Waals surface area contributed by atoms with Gasteiger partial charge in [-0.2, -0.15) is 0 Å². The Bertz CT molecular complexity index is 269. The Morgan fingerprint density at radius 3 is 3.00 bits per heavy atom. The lowest BCUT2D eigenvalue weighted by Gasteiger charge is -1.99. The third-order valence-electron chi connectivity index (χ3n) is 1.30. The van der Waals surface area contributed by atoms with Crippen LogP contribution in [0.1, 0.15) is 11.7 Å². The Balaban J connectivity index is 2.38. The fourth-order valence-corrected chi connectivity index (χ4v) is 0.727. The van der Waals surface area contributed by atoms with Gasteiger partial charge >= 0.3 is 6.03 Å². The van der Waals surface area contributed by atoms with Crippen LogP contribution in [0.15, 0.2) is 10.6 Å². The van der Waals surface area contributed by atoms with E-state index >= 15 is 0 Å². The van der Waals surface area contributed by atoms with E-state index in [1.165, 1.54) is 0 Å². The summed E-state index contributed by atoms with van der Waals surface area (Å²) in [5.74, 6) is 1.25. The van der Waals surface area contributed by atoms with Crippen molar-refractivity contribution in [3.63, 3.8) is 0 Å². The van der Waals surface area contributed by atoms with E-state index in [2.05, 4.69) is 15.6 Å². The number of rotatable bonds is 2. The molecule has 1 heterocycles. The smallest absolute Gasteiger partial charge is 0.314 e. The van der Waals surface area contributed by atoms with E-state index in [9.17, 15) is 4.79 Å². The van der Waals surface area contributed by atoms with Gasteiger partial charge in [0, 0.05) is 7.05 Å². The highest BCUT2D eigenvalue weighted by Crippen LogP contribution is 1.99. The van der Waals surface area contributed by atoms with Crippen LogP contribution in [0, 0.1) is 6.92 Å². The van der Waals surface area contributed by atoms with Crippen LogP contribution >= 0.6 is 0 Å². The van der Waals surface area contributed by atoms with E-state index in [-0.39, 0.29) is 6.03 Å². The topological polar surface area (TPSA) is 67.2 Å². The number of hydrogen-bond acceptors (Lipinski definition) is 3. The lowest BCUT2D eigenvalue weighted by molar-refractivity contribution is 0.241. The second kappa shape index (κ2) is 3.75. The monoisotopic (exact) mass is 169 g/mol. The summed E-state index contributed by atoms with van der Waals surface area (Å²) in [7, 11) is 1.55. The molecule has 0 saturated heterocycles. The molecule has 0 aliphatic heterocycles. The van der Waals surface area contributed by atoms with Crippen LogP contribution in [0.5, 0.6) is 0 Å². The molecule has 0 fully saturated rings. The molecule has 5 heteroatoms. The zero-order chi connectivity index (χ0) is 8.97. The van der Waals surface area contributed by atoms with Crippen LogP contribution in [0.3, 0.4) is 0 Å². The van der Waals surface area contributed by atoms with E-state index in [4.69, 9.17) is 4.42 Å². The number of nitrogens with one attached hydrogen (secondary N) is 2. The van der Waals surface area contributed by atoms with Gasteiger partial charge in [0.2, 0.25) is 5.89 Å². The molecular formula is C7H11N3O2. The molecule has 0 aliphatic carbocycles. The molecule has 0 spiro atoms. The largest absolute Gasteiger partial charge is 0.444 e. The first kappa shape index (κ1) is 8.58. The van der Waals surface area contributed by atoms with Crippen LogP contribution in [-0.2, 0) is 6.54 Å². The zero-order valence-corrected chi connectivity index (χ0v) is 7.05. The molecule has 0 aliphatic rings. The number of nitrogens with zero attached hydrogens (tertiary/aromatic N) is 1. The average molecular weight is 169 g/mol. The SMILES string of the molecule is CNC(=O)NCc1ncc(C)o1. The number of hydrogen-bond donors (Lipinski definition) is 2. The average Bonchev–Trinajstić information content (AvgIpc) is 2.47. The molecular weight excluding hydrogens is 158 g/mol. The molecule has 5 nitrogen and oxygen atoms in total. The fraction of sp³-hybridized carbons (Fsp3) is 0.429. The van der Waals surface area contributed by atoms with Gasteiger partial charge in [-0.1, -0.05) is 0 Å². The third kappa shape index (κ3) is 2.26. The zero-order valence-electron chi connectivity index (χ0n) is 7.05. The summed E-state index contributed by atoms with van der Waals surface area (Å²) < 4.78 is 5.12. The molecule has 2 amide bonds. The number of aromatic nitrogens is 1. The first-order valence-corrected chi connectivity index (χ1v) is 3.59. The number of carbonyl (C=O) groups excluding carboxylic acids is 1. The van der Waals surface area contributed by atoms with Crippen molar-refractivity contribution >= 4 is 6.03 Å². The summed E-state index contributed by atoms with van der Waals surface area (Å²) in [6, 6.07) is -0.245. The Kier molecular flexibility index (Phi) is 2.68. The minimum atomic E-state index is -0.245. The summed E-state index contributed by atoms with van der Waals surface area (Å²) in [6.07, 6.45) is 1.61. The van der Waals surface area contributed by atoms with Gasteiger partial charge < -0.3 is 15.1 Å². The van der Waals surface area contributed by atoms with E-state index < -0.39 is 0 Å². The van der Waals surface area contributed by atoms with E-state index in [1.807, 2.05) is 0 Å². The number of aryl methyl sites for hydroxylation is 1. The van der Waals surface area contributed by atoms with Crippen molar-refractivity contribution in [2.75, 3.05) is 7.05 Å². The first-order chi connectivity index (χ1) is 5.72. The molecule has 0 saturated carbocycles. The molecule has 1 rings (SSSR count). The fourth-order valence-electron chi connectivity index (χ4n) is 0.727. The van der Waals surface area contributed by atoms with E-state index in [0.29, 0.717) is 12.4 Å². The van der Waals surface area contributed by atoms with Crippen LogP contribution in [-0.4, -0.2) is 18.1 Å². The number of urea groups is 1. The standard InChI is InChI=1S/C7H11N3O2/c1-5-3-9-6(12-5)4-10-7(11)8-2/h3H,4H2,1-2H3,(H2,8,10,11). The van der Waals surface area contributed by atoms with Gasteiger partial charge in [0.15, 0.2) is 0 Å². The van der Waals surface area contributed by atoms with Crippen LogP contribution < -0.4 is 10.6 Å². The van der Waals surface area contributed by atoms with Gasteiger partial charge in [0.25, 0.3) is 0 Å². The summed E-state index contributed by atoms with van der Waals surface area (Å²) in [6.45, 7) is 2.11. The molecule has 1 aromatic rings. The highest BCUT2D eigenvalue weighted by Gasteiger charge is 2.01. The normalized spacial score (nSPS) is 9.50. The Hall–Kier alpha value is -1.52. The lowest BCUT2D eigenvalue weighted by atomic mass is 10.6. The maximum Gasteiger partial charge on any atom is 0.314 e. The molecule has 2 N–H and O–H groups in total. The van der Waals surface area contributed by atoms with Crippen molar-refractivity contribution in [1.29, 1.82) is 0 Å².